The lowest BCUT2D eigenvalue weighted by molar-refractivity contribution is -0.212. The van der Waals surface area contributed by atoms with Crippen molar-refractivity contribution in [3.8, 4) is 0 Å². The predicted molar refractivity (Wildman–Crippen MR) is 204 cm³/mol. The lowest BCUT2D eigenvalue weighted by Crippen LogP contribution is -2.60. The van der Waals surface area contributed by atoms with Gasteiger partial charge in [-0.25, -0.2) is 9.78 Å². The number of nitrogens with zero attached hydrogens (tertiary/aromatic N) is 3. The van der Waals surface area contributed by atoms with Crippen LogP contribution < -0.4 is 16.0 Å². The van der Waals surface area contributed by atoms with Crippen LogP contribution in [0.1, 0.15) is 104 Å². The Labute approximate surface area is 314 Å². The summed E-state index contributed by atoms with van der Waals surface area (Å²) in [5.74, 6) is -1.02. The molecule has 13 heteroatoms. The normalized spacial score (nSPS) is 17.8. The number of aromatic nitrogens is 1. The number of β-amino-alcohol motifs (C(OH)–C–C–N with tert-alkyl or cyclic N) is 1. The van der Waals surface area contributed by atoms with E-state index in [1.54, 1.807) is 37.2 Å². The number of aliphatic hydroxyl groups is 1. The third kappa shape index (κ3) is 14.2. The highest BCUT2D eigenvalue weighted by atomic mass is 32.1. The summed E-state index contributed by atoms with van der Waals surface area (Å²) in [6.07, 6.45) is 0.144. The van der Waals surface area contributed by atoms with Gasteiger partial charge in [-0.3, -0.25) is 19.3 Å². The van der Waals surface area contributed by atoms with E-state index in [4.69, 9.17) is 4.84 Å². The monoisotopic (exact) mass is 742 g/mol. The van der Waals surface area contributed by atoms with Crippen LogP contribution in [0.4, 0.5) is 0 Å². The van der Waals surface area contributed by atoms with E-state index in [1.807, 2.05) is 75.2 Å². The zero-order chi connectivity index (χ0) is 38.8. The molecule has 1 aromatic heterocycles. The standard InChI is InChI=1S/C39H62N6O6S/c1-25(2)34(42-32(47)17-16-28-24-52-36(40-28)26(3)4)35(49)41-30(20-27-14-12-11-13-15-27)31(46)23-44-18-19-45(51-37(50)38(5,6)7)22-29(44)21-33(48)43-39(8,9)10/h11-15,24-26,29-31,34,46H,16-23H2,1-10H3,(H,41,49)(H,42,47)(H,43,48)/t29?,30-,31+,34-/m0/s1. The van der Waals surface area contributed by atoms with Crippen LogP contribution in [0.2, 0.25) is 0 Å². The number of aliphatic hydroxyl groups excluding tert-OH is 1. The topological polar surface area (TPSA) is 153 Å². The van der Waals surface area contributed by atoms with Gasteiger partial charge in [0.1, 0.15) is 6.04 Å². The van der Waals surface area contributed by atoms with Crippen LogP contribution in [0.25, 0.3) is 0 Å². The molecule has 0 saturated carbocycles. The highest BCUT2D eigenvalue weighted by Crippen LogP contribution is 2.22. The molecule has 2 heterocycles. The molecule has 3 rings (SSSR count). The molecule has 1 fully saturated rings. The molecule has 0 bridgehead atoms. The van der Waals surface area contributed by atoms with Crippen LogP contribution in [-0.2, 0) is 36.9 Å². The van der Waals surface area contributed by atoms with Gasteiger partial charge in [-0.05, 0) is 65.9 Å². The summed E-state index contributed by atoms with van der Waals surface area (Å²) < 4.78 is 0. The summed E-state index contributed by atoms with van der Waals surface area (Å²) in [7, 11) is 0. The Morgan fingerprint density at radius 1 is 0.981 bits per heavy atom. The Bertz CT molecular complexity index is 1470. The van der Waals surface area contributed by atoms with Gasteiger partial charge in [0, 0.05) is 55.4 Å². The number of thiazole rings is 1. The van der Waals surface area contributed by atoms with E-state index in [0.717, 1.165) is 16.3 Å². The molecule has 0 aliphatic carbocycles. The molecular weight excluding hydrogens is 681 g/mol. The number of hydrogen-bond donors (Lipinski definition) is 4. The molecule has 1 unspecified atom stereocenters. The first-order chi connectivity index (χ1) is 24.2. The number of carbonyl (C=O) groups excluding carboxylic acids is 4. The van der Waals surface area contributed by atoms with Crippen LogP contribution in [0.5, 0.6) is 0 Å². The minimum Gasteiger partial charge on any atom is -0.390 e. The molecule has 290 valence electrons. The van der Waals surface area contributed by atoms with E-state index < -0.39 is 29.1 Å². The van der Waals surface area contributed by atoms with Gasteiger partial charge in [-0.1, -0.05) is 58.0 Å². The van der Waals surface area contributed by atoms with Crippen LogP contribution in [0, 0.1) is 11.3 Å². The van der Waals surface area contributed by atoms with Crippen molar-refractivity contribution in [3.05, 3.63) is 52.0 Å². The van der Waals surface area contributed by atoms with Gasteiger partial charge in [0.05, 0.1) is 34.8 Å². The first-order valence-electron chi connectivity index (χ1n) is 18.5. The van der Waals surface area contributed by atoms with E-state index in [0.29, 0.717) is 31.8 Å². The van der Waals surface area contributed by atoms with Crippen molar-refractivity contribution in [1.82, 2.24) is 30.9 Å². The molecule has 1 aliphatic rings. The van der Waals surface area contributed by atoms with Crippen molar-refractivity contribution in [3.63, 3.8) is 0 Å². The highest BCUT2D eigenvalue weighted by Gasteiger charge is 2.36. The zero-order valence-electron chi connectivity index (χ0n) is 32.8. The van der Waals surface area contributed by atoms with Gasteiger partial charge >= 0.3 is 5.97 Å². The molecule has 52 heavy (non-hydrogen) atoms. The number of piperazine rings is 1. The fourth-order valence-corrected chi connectivity index (χ4v) is 6.70. The predicted octanol–water partition coefficient (Wildman–Crippen LogP) is 4.22. The largest absolute Gasteiger partial charge is 0.390 e. The molecule has 1 aromatic carbocycles. The summed E-state index contributed by atoms with van der Waals surface area (Å²) in [5, 5.41) is 25.4. The highest BCUT2D eigenvalue weighted by molar-refractivity contribution is 7.09. The first-order valence-corrected chi connectivity index (χ1v) is 19.4. The summed E-state index contributed by atoms with van der Waals surface area (Å²) in [4.78, 5) is 65.1. The maximum atomic E-state index is 13.9. The molecule has 0 radical (unpaired) electrons. The van der Waals surface area contributed by atoms with Crippen LogP contribution in [0.15, 0.2) is 35.7 Å². The first kappa shape index (κ1) is 43.0. The summed E-state index contributed by atoms with van der Waals surface area (Å²) >= 11 is 1.59. The van der Waals surface area contributed by atoms with E-state index in [-0.39, 0.29) is 61.6 Å². The zero-order valence-corrected chi connectivity index (χ0v) is 33.6. The molecule has 4 atom stereocenters. The third-order valence-electron chi connectivity index (χ3n) is 8.78. The van der Waals surface area contributed by atoms with Crippen molar-refractivity contribution in [2.75, 3.05) is 26.2 Å². The Kier molecular flexibility index (Phi) is 15.8. The maximum Gasteiger partial charge on any atom is 0.330 e. The number of nitrogens with one attached hydrogen (secondary N) is 3. The molecule has 12 nitrogen and oxygen atoms in total. The fourth-order valence-electron chi connectivity index (χ4n) is 5.83. The van der Waals surface area contributed by atoms with Crippen molar-refractivity contribution >= 4 is 35.0 Å². The van der Waals surface area contributed by atoms with E-state index in [2.05, 4.69) is 34.8 Å². The van der Waals surface area contributed by atoms with Crippen molar-refractivity contribution < 1.29 is 29.1 Å². The SMILES string of the molecule is CC(C)c1nc(CCC(=O)N[C@H](C(=O)N[C@@H](Cc2ccccc2)[C@H](O)CN2CCN(OC(=O)C(C)(C)C)CC2CC(=O)NC(C)(C)C)C(C)C)cs1. The fraction of sp³-hybridized carbons (Fsp3) is 0.667. The molecule has 1 saturated heterocycles. The minimum absolute atomic E-state index is 0.129. The van der Waals surface area contributed by atoms with Gasteiger partial charge in [0.15, 0.2) is 0 Å². The van der Waals surface area contributed by atoms with Crippen molar-refractivity contribution in [1.29, 1.82) is 0 Å². The molecular formula is C39H62N6O6S. The number of rotatable bonds is 16. The number of hydrogen-bond acceptors (Lipinski definition) is 10. The van der Waals surface area contributed by atoms with Crippen molar-refractivity contribution in [2.24, 2.45) is 11.3 Å². The summed E-state index contributed by atoms with van der Waals surface area (Å²) in [6.45, 7) is 20.3. The average molecular weight is 743 g/mol. The smallest absolute Gasteiger partial charge is 0.330 e. The average Bonchev–Trinajstić information content (AvgIpc) is 3.52. The van der Waals surface area contributed by atoms with E-state index in [9.17, 15) is 24.3 Å². The van der Waals surface area contributed by atoms with Gasteiger partial charge in [0.25, 0.3) is 0 Å². The molecule has 2 aromatic rings. The lowest BCUT2D eigenvalue weighted by atomic mass is 9.97. The number of hydroxylamine groups is 2. The molecule has 4 N–H and O–H groups in total. The molecule has 0 spiro atoms. The minimum atomic E-state index is -1.02. The van der Waals surface area contributed by atoms with Gasteiger partial charge in [0.2, 0.25) is 17.7 Å². The molecule has 1 aliphatic heterocycles. The van der Waals surface area contributed by atoms with Gasteiger partial charge in [-0.2, -0.15) is 0 Å². The maximum absolute atomic E-state index is 13.9. The number of amides is 3. The summed E-state index contributed by atoms with van der Waals surface area (Å²) in [5.41, 5.74) is 0.672. The number of carbonyl (C=O) groups is 4. The number of benzene rings is 1. The van der Waals surface area contributed by atoms with E-state index >= 15 is 0 Å². The molecule has 3 amide bonds. The Morgan fingerprint density at radius 3 is 2.23 bits per heavy atom. The second-order valence-electron chi connectivity index (χ2n) is 16.7. The van der Waals surface area contributed by atoms with E-state index in [1.165, 1.54) is 0 Å². The third-order valence-corrected chi connectivity index (χ3v) is 9.97. The quantitative estimate of drug-likeness (QED) is 0.198. The van der Waals surface area contributed by atoms with Gasteiger partial charge in [-0.15, -0.1) is 16.4 Å². The Morgan fingerprint density at radius 2 is 1.65 bits per heavy atom. The van der Waals surface area contributed by atoms with Crippen LogP contribution in [-0.4, -0.2) is 99.7 Å². The second kappa shape index (κ2) is 19.1. The Hall–Kier alpha value is -3.39. The Balaban J connectivity index is 1.76. The summed E-state index contributed by atoms with van der Waals surface area (Å²) in [6, 6.07) is 7.73. The van der Waals surface area contributed by atoms with Crippen molar-refractivity contribution in [2.45, 2.75) is 131 Å². The second-order valence-corrected chi connectivity index (χ2v) is 17.6. The van der Waals surface area contributed by atoms with Gasteiger partial charge < -0.3 is 25.9 Å². The van der Waals surface area contributed by atoms with Crippen LogP contribution >= 0.6 is 11.3 Å². The lowest BCUT2D eigenvalue weighted by Gasteiger charge is -2.42. The number of aryl methyl sites for hydroxylation is 1. The van der Waals surface area contributed by atoms with Crippen LogP contribution in [0.3, 0.4) is 0 Å².